The molecular weight excluding hydrogens is 276 g/mol. The molecule has 0 saturated carbocycles. The third-order valence-electron chi connectivity index (χ3n) is 3.55. The first kappa shape index (κ1) is 14.8. The Balaban J connectivity index is 2.32. The van der Waals surface area contributed by atoms with Crippen LogP contribution in [-0.2, 0) is 9.84 Å². The van der Waals surface area contributed by atoms with Gasteiger partial charge in [-0.3, -0.25) is 4.79 Å². The van der Waals surface area contributed by atoms with Crippen molar-refractivity contribution in [3.8, 4) is 0 Å². The second kappa shape index (κ2) is 5.44. The van der Waals surface area contributed by atoms with Crippen LogP contribution in [0, 0.1) is 5.92 Å². The normalized spacial score (nSPS) is 19.9. The number of hydrogen-bond acceptors (Lipinski definition) is 4. The maximum Gasteiger partial charge on any atom is 0.253 e. The monoisotopic (exact) mass is 296 g/mol. The molecule has 2 N–H and O–H groups in total. The van der Waals surface area contributed by atoms with Crippen molar-refractivity contribution < 1.29 is 13.2 Å². The third-order valence-corrected chi connectivity index (χ3v) is 4.64. The largest absolute Gasteiger partial charge is 0.399 e. The van der Waals surface area contributed by atoms with E-state index in [0.717, 1.165) is 19.1 Å². The Hall–Kier alpha value is -1.56. The lowest BCUT2D eigenvalue weighted by atomic mass is 9.99. The van der Waals surface area contributed by atoms with Gasteiger partial charge in [0.25, 0.3) is 5.91 Å². The predicted molar refractivity (Wildman–Crippen MR) is 78.3 cm³/mol. The van der Waals surface area contributed by atoms with Gasteiger partial charge in [0.2, 0.25) is 0 Å². The fourth-order valence-electron chi connectivity index (χ4n) is 2.52. The Morgan fingerprint density at radius 1 is 1.35 bits per heavy atom. The molecule has 110 valence electrons. The number of carbonyl (C=O) groups is 1. The van der Waals surface area contributed by atoms with Gasteiger partial charge in [0.1, 0.15) is 0 Å². The molecule has 1 heterocycles. The van der Waals surface area contributed by atoms with Crippen LogP contribution >= 0.6 is 0 Å². The van der Waals surface area contributed by atoms with Gasteiger partial charge >= 0.3 is 0 Å². The second-order valence-corrected chi connectivity index (χ2v) is 7.58. The van der Waals surface area contributed by atoms with Crippen molar-refractivity contribution in [3.05, 3.63) is 23.8 Å². The van der Waals surface area contributed by atoms with E-state index in [0.29, 0.717) is 30.3 Å². The van der Waals surface area contributed by atoms with E-state index in [1.165, 1.54) is 18.2 Å². The molecule has 6 heteroatoms. The van der Waals surface area contributed by atoms with E-state index in [4.69, 9.17) is 5.73 Å². The molecule has 2 rings (SSSR count). The number of rotatable bonds is 2. The van der Waals surface area contributed by atoms with Crippen LogP contribution in [0.2, 0.25) is 0 Å². The number of hydrogen-bond donors (Lipinski definition) is 1. The van der Waals surface area contributed by atoms with E-state index in [1.807, 2.05) is 0 Å². The van der Waals surface area contributed by atoms with Crippen molar-refractivity contribution in [2.75, 3.05) is 25.1 Å². The summed E-state index contributed by atoms with van der Waals surface area (Å²) in [6.45, 7) is 3.54. The minimum Gasteiger partial charge on any atom is -0.399 e. The molecule has 1 amide bonds. The van der Waals surface area contributed by atoms with Crippen LogP contribution in [0.1, 0.15) is 30.1 Å². The highest BCUT2D eigenvalue weighted by Gasteiger charge is 2.23. The summed E-state index contributed by atoms with van der Waals surface area (Å²) in [6, 6.07) is 4.33. The Morgan fingerprint density at radius 3 is 2.65 bits per heavy atom. The van der Waals surface area contributed by atoms with Crippen LogP contribution in [0.5, 0.6) is 0 Å². The Kier molecular flexibility index (Phi) is 4.04. The van der Waals surface area contributed by atoms with E-state index in [9.17, 15) is 13.2 Å². The van der Waals surface area contributed by atoms with Crippen molar-refractivity contribution in [1.82, 2.24) is 4.90 Å². The molecule has 0 aromatic heterocycles. The number of carbonyl (C=O) groups excluding carboxylic acids is 1. The number of anilines is 1. The third kappa shape index (κ3) is 3.30. The first-order valence-electron chi connectivity index (χ1n) is 6.67. The number of nitrogen functional groups attached to an aromatic ring is 1. The zero-order valence-corrected chi connectivity index (χ0v) is 12.6. The van der Waals surface area contributed by atoms with Crippen molar-refractivity contribution in [3.63, 3.8) is 0 Å². The molecule has 20 heavy (non-hydrogen) atoms. The van der Waals surface area contributed by atoms with Gasteiger partial charge in [-0.25, -0.2) is 8.42 Å². The topological polar surface area (TPSA) is 80.5 Å². The first-order valence-corrected chi connectivity index (χ1v) is 8.56. The summed E-state index contributed by atoms with van der Waals surface area (Å²) in [5.74, 6) is 0.330. The predicted octanol–water partition coefficient (Wildman–Crippen LogP) is 1.54. The van der Waals surface area contributed by atoms with Crippen LogP contribution in [0.25, 0.3) is 0 Å². The van der Waals surface area contributed by atoms with Crippen LogP contribution in [-0.4, -0.2) is 38.6 Å². The Morgan fingerprint density at radius 2 is 2.05 bits per heavy atom. The van der Waals surface area contributed by atoms with E-state index < -0.39 is 9.84 Å². The van der Waals surface area contributed by atoms with Crippen molar-refractivity contribution in [1.29, 1.82) is 0 Å². The van der Waals surface area contributed by atoms with E-state index in [2.05, 4.69) is 6.92 Å². The fourth-order valence-corrected chi connectivity index (χ4v) is 3.21. The number of nitrogens with two attached hydrogens (primary N) is 1. The van der Waals surface area contributed by atoms with Gasteiger partial charge in [0.05, 0.1) is 4.90 Å². The molecule has 1 aliphatic heterocycles. The van der Waals surface area contributed by atoms with Gasteiger partial charge in [-0.05, 0) is 37.0 Å². The molecule has 1 saturated heterocycles. The lowest BCUT2D eigenvalue weighted by Crippen LogP contribution is -2.39. The van der Waals surface area contributed by atoms with Gasteiger partial charge in [0.15, 0.2) is 9.84 Å². The molecular formula is C14H20N2O3S. The van der Waals surface area contributed by atoms with Crippen LogP contribution in [0.4, 0.5) is 5.69 Å². The molecule has 1 aromatic rings. The molecule has 0 aliphatic carbocycles. The lowest BCUT2D eigenvalue weighted by Gasteiger charge is -2.31. The molecule has 0 radical (unpaired) electrons. The summed E-state index contributed by atoms with van der Waals surface area (Å²) in [7, 11) is -3.37. The zero-order valence-electron chi connectivity index (χ0n) is 11.8. The summed E-state index contributed by atoms with van der Waals surface area (Å²) in [5, 5.41) is 0. The first-order chi connectivity index (χ1) is 9.27. The second-order valence-electron chi connectivity index (χ2n) is 5.56. The molecule has 1 aromatic carbocycles. The average Bonchev–Trinajstić information content (AvgIpc) is 2.36. The summed E-state index contributed by atoms with van der Waals surface area (Å²) < 4.78 is 23.2. The van der Waals surface area contributed by atoms with Gasteiger partial charge in [-0.2, -0.15) is 0 Å². The lowest BCUT2D eigenvalue weighted by molar-refractivity contribution is 0.0683. The summed E-state index contributed by atoms with van der Waals surface area (Å²) in [5.41, 5.74) is 6.36. The van der Waals surface area contributed by atoms with Crippen molar-refractivity contribution >= 4 is 21.4 Å². The quantitative estimate of drug-likeness (QED) is 0.840. The van der Waals surface area contributed by atoms with Crippen molar-refractivity contribution in [2.24, 2.45) is 5.92 Å². The standard InChI is InChI=1S/C14H20N2O3S/c1-10-4-3-5-16(9-10)14(17)11-6-12(15)8-13(7-11)20(2,18)19/h6-8,10H,3-5,9,15H2,1-2H3. The molecule has 5 nitrogen and oxygen atoms in total. The van der Waals surface area contributed by atoms with Crippen LogP contribution in [0.15, 0.2) is 23.1 Å². The minimum atomic E-state index is -3.37. The number of amides is 1. The maximum atomic E-state index is 12.5. The molecule has 1 fully saturated rings. The molecule has 1 atom stereocenters. The Bertz CT molecular complexity index is 625. The van der Waals surface area contributed by atoms with E-state index in [1.54, 1.807) is 4.90 Å². The summed E-state index contributed by atoms with van der Waals surface area (Å²) in [6.07, 6.45) is 3.21. The van der Waals surface area contributed by atoms with Gasteiger partial charge in [-0.15, -0.1) is 0 Å². The minimum absolute atomic E-state index is 0.0888. The Labute approximate surface area is 119 Å². The molecule has 1 aliphatic rings. The average molecular weight is 296 g/mol. The zero-order chi connectivity index (χ0) is 14.9. The van der Waals surface area contributed by atoms with Crippen LogP contribution < -0.4 is 5.73 Å². The number of sulfone groups is 1. The smallest absolute Gasteiger partial charge is 0.253 e. The molecule has 0 bridgehead atoms. The van der Waals surface area contributed by atoms with Gasteiger partial charge < -0.3 is 10.6 Å². The number of nitrogens with zero attached hydrogens (tertiary/aromatic N) is 1. The highest BCUT2D eigenvalue weighted by Crippen LogP contribution is 2.21. The number of piperidine rings is 1. The highest BCUT2D eigenvalue weighted by molar-refractivity contribution is 7.90. The van der Waals surface area contributed by atoms with Gasteiger partial charge in [0, 0.05) is 30.6 Å². The highest BCUT2D eigenvalue weighted by atomic mass is 32.2. The van der Waals surface area contributed by atoms with Crippen LogP contribution in [0.3, 0.4) is 0 Å². The molecule has 0 spiro atoms. The molecule has 1 unspecified atom stereocenters. The number of benzene rings is 1. The van der Waals surface area contributed by atoms with E-state index >= 15 is 0 Å². The van der Waals surface area contributed by atoms with Crippen molar-refractivity contribution in [2.45, 2.75) is 24.7 Å². The summed E-state index contributed by atoms with van der Waals surface area (Å²) in [4.78, 5) is 14.3. The SMILES string of the molecule is CC1CCCN(C(=O)c2cc(N)cc(S(C)(=O)=O)c2)C1. The van der Waals surface area contributed by atoms with E-state index in [-0.39, 0.29) is 10.8 Å². The summed E-state index contributed by atoms with van der Waals surface area (Å²) >= 11 is 0. The fraction of sp³-hybridized carbons (Fsp3) is 0.500. The van der Waals surface area contributed by atoms with Gasteiger partial charge in [-0.1, -0.05) is 6.92 Å². The number of likely N-dealkylation sites (tertiary alicyclic amines) is 1. The maximum absolute atomic E-state index is 12.5.